The van der Waals surface area contributed by atoms with E-state index in [2.05, 4.69) is 56.9 Å². The third-order valence-corrected chi connectivity index (χ3v) is 6.20. The van der Waals surface area contributed by atoms with Crippen molar-refractivity contribution >= 4 is 45.5 Å². The van der Waals surface area contributed by atoms with E-state index in [1.54, 1.807) is 0 Å². The first-order valence-corrected chi connectivity index (χ1v) is 10.6. The summed E-state index contributed by atoms with van der Waals surface area (Å²) in [6, 6.07) is 8.36. The van der Waals surface area contributed by atoms with Crippen molar-refractivity contribution < 1.29 is 8.42 Å². The van der Waals surface area contributed by atoms with E-state index in [4.69, 9.17) is 0 Å². The van der Waals surface area contributed by atoms with Gasteiger partial charge in [0, 0.05) is 31.4 Å². The number of nitrogens with zero attached hydrogens (tertiary/aromatic N) is 2. The summed E-state index contributed by atoms with van der Waals surface area (Å²) < 4.78 is 23.2. The van der Waals surface area contributed by atoms with Gasteiger partial charge in [-0.05, 0) is 31.0 Å². The van der Waals surface area contributed by atoms with Gasteiger partial charge in [-0.1, -0.05) is 24.3 Å². The summed E-state index contributed by atoms with van der Waals surface area (Å²) >= 11 is 0. The van der Waals surface area contributed by atoms with Crippen LogP contribution in [0.5, 0.6) is 0 Å². The fraction of sp³-hybridized carbons (Fsp3) is 0.500. The first-order valence-electron chi connectivity index (χ1n) is 8.80. The van der Waals surface area contributed by atoms with Crippen LogP contribution in [0.2, 0.25) is 0 Å². The van der Waals surface area contributed by atoms with Gasteiger partial charge in [0.25, 0.3) is 0 Å². The monoisotopic (exact) mass is 490 g/mol. The highest BCUT2D eigenvalue weighted by atomic mass is 127. The maximum absolute atomic E-state index is 11.6. The molecular weight excluding hydrogens is 463 g/mol. The van der Waals surface area contributed by atoms with Crippen LogP contribution in [0.1, 0.15) is 18.9 Å². The lowest BCUT2D eigenvalue weighted by Gasteiger charge is -2.18. The quantitative estimate of drug-likeness (QED) is 0.286. The highest BCUT2D eigenvalue weighted by Crippen LogP contribution is 2.19. The Balaban J connectivity index is 0.00000243. The number of aliphatic imine (C=N–C) groups is 1. The average molecular weight is 490 g/mol. The molecule has 1 fully saturated rings. The van der Waals surface area contributed by atoms with E-state index in [1.165, 1.54) is 5.69 Å². The smallest absolute Gasteiger partial charge is 0.191 e. The molecule has 0 saturated carbocycles. The number of benzene rings is 1. The number of guanidine groups is 1. The van der Waals surface area contributed by atoms with Crippen molar-refractivity contribution in [2.75, 3.05) is 36.0 Å². The first-order chi connectivity index (χ1) is 12.1. The van der Waals surface area contributed by atoms with Crippen molar-refractivity contribution in [2.45, 2.75) is 25.9 Å². The lowest BCUT2D eigenvalue weighted by molar-refractivity contribution is 0.599. The molecule has 0 radical (unpaired) electrons. The van der Waals surface area contributed by atoms with E-state index >= 15 is 0 Å². The molecular formula is C18H27IN4O2S. The van der Waals surface area contributed by atoms with Gasteiger partial charge in [-0.25, -0.2) is 13.4 Å². The number of hydrogen-bond donors (Lipinski definition) is 2. The lowest BCUT2D eigenvalue weighted by Crippen LogP contribution is -2.44. The molecule has 144 valence electrons. The molecule has 2 N–H and O–H groups in total. The van der Waals surface area contributed by atoms with Crippen LogP contribution in [-0.4, -0.2) is 51.6 Å². The lowest BCUT2D eigenvalue weighted by atomic mass is 10.2. The van der Waals surface area contributed by atoms with Crippen LogP contribution in [0.25, 0.3) is 0 Å². The Hall–Kier alpha value is -1.29. The third kappa shape index (κ3) is 5.87. The van der Waals surface area contributed by atoms with Crippen molar-refractivity contribution in [3.8, 4) is 0 Å². The Morgan fingerprint density at radius 1 is 1.31 bits per heavy atom. The van der Waals surface area contributed by atoms with Crippen LogP contribution in [-0.2, 0) is 16.4 Å². The van der Waals surface area contributed by atoms with Crippen LogP contribution in [0.15, 0.2) is 41.4 Å². The molecule has 1 saturated heterocycles. The highest BCUT2D eigenvalue weighted by molar-refractivity contribution is 14.0. The molecule has 1 aromatic rings. The third-order valence-electron chi connectivity index (χ3n) is 4.43. The SMILES string of the molecule is CCNC(=NCc1cccc(N2CC=CC2)c1)NC1CCS(=O)(=O)C1.I. The molecule has 2 heterocycles. The molecule has 1 atom stereocenters. The molecule has 0 aromatic heterocycles. The Morgan fingerprint density at radius 2 is 2.08 bits per heavy atom. The maximum Gasteiger partial charge on any atom is 0.191 e. The molecule has 1 aromatic carbocycles. The van der Waals surface area contributed by atoms with E-state index < -0.39 is 9.84 Å². The van der Waals surface area contributed by atoms with Gasteiger partial charge < -0.3 is 15.5 Å². The molecule has 1 unspecified atom stereocenters. The second-order valence-corrected chi connectivity index (χ2v) is 8.71. The number of sulfone groups is 1. The number of anilines is 1. The van der Waals surface area contributed by atoms with Gasteiger partial charge in [0.15, 0.2) is 15.8 Å². The summed E-state index contributed by atoms with van der Waals surface area (Å²) in [6.45, 7) is 5.21. The molecule has 3 rings (SSSR count). The van der Waals surface area contributed by atoms with E-state index in [-0.39, 0.29) is 41.5 Å². The van der Waals surface area contributed by atoms with Gasteiger partial charge in [0.05, 0.1) is 18.1 Å². The number of nitrogens with one attached hydrogen (secondary N) is 2. The molecule has 8 heteroatoms. The Bertz CT molecular complexity index is 756. The van der Waals surface area contributed by atoms with Crippen LogP contribution in [0.4, 0.5) is 5.69 Å². The minimum absolute atomic E-state index is 0. The Kier molecular flexibility index (Phi) is 7.75. The van der Waals surface area contributed by atoms with E-state index in [9.17, 15) is 8.42 Å². The van der Waals surface area contributed by atoms with Gasteiger partial charge in [-0.15, -0.1) is 24.0 Å². The van der Waals surface area contributed by atoms with Crippen molar-refractivity contribution in [3.63, 3.8) is 0 Å². The molecule has 2 aliphatic rings. The molecule has 26 heavy (non-hydrogen) atoms. The van der Waals surface area contributed by atoms with Gasteiger partial charge in [-0.2, -0.15) is 0 Å². The Morgan fingerprint density at radius 3 is 2.73 bits per heavy atom. The predicted octanol–water partition coefficient (Wildman–Crippen LogP) is 1.92. The standard InChI is InChI=1S/C18H26N4O2S.HI/c1-2-19-18(21-16-8-11-25(23,24)14-16)20-13-15-6-5-7-17(12-15)22-9-3-4-10-22;/h3-7,12,16H,2,8-11,13-14H2,1H3,(H2,19,20,21);1H. The van der Waals surface area contributed by atoms with Crippen molar-refractivity contribution in [2.24, 2.45) is 4.99 Å². The normalized spacial score (nSPS) is 21.5. The molecule has 0 aliphatic carbocycles. The molecule has 0 amide bonds. The fourth-order valence-corrected chi connectivity index (χ4v) is 4.81. The molecule has 0 bridgehead atoms. The van der Waals surface area contributed by atoms with Crippen LogP contribution >= 0.6 is 24.0 Å². The number of hydrogen-bond acceptors (Lipinski definition) is 4. The largest absolute Gasteiger partial charge is 0.364 e. The number of halogens is 1. The molecule has 0 spiro atoms. The zero-order valence-electron chi connectivity index (χ0n) is 15.0. The van der Waals surface area contributed by atoms with Crippen molar-refractivity contribution in [3.05, 3.63) is 42.0 Å². The summed E-state index contributed by atoms with van der Waals surface area (Å²) in [7, 11) is -2.89. The second-order valence-electron chi connectivity index (χ2n) is 6.49. The zero-order chi connectivity index (χ0) is 17.7. The van der Waals surface area contributed by atoms with Gasteiger partial charge in [0.2, 0.25) is 0 Å². The molecule has 6 nitrogen and oxygen atoms in total. The summed E-state index contributed by atoms with van der Waals surface area (Å²) in [4.78, 5) is 6.93. The maximum atomic E-state index is 11.6. The average Bonchev–Trinajstić information content (AvgIpc) is 3.23. The van der Waals surface area contributed by atoms with Gasteiger partial charge in [-0.3, -0.25) is 0 Å². The Labute approximate surface area is 173 Å². The number of rotatable bonds is 5. The van der Waals surface area contributed by atoms with E-state index in [0.717, 1.165) is 25.2 Å². The van der Waals surface area contributed by atoms with Crippen LogP contribution in [0, 0.1) is 0 Å². The van der Waals surface area contributed by atoms with Crippen molar-refractivity contribution in [1.82, 2.24) is 10.6 Å². The van der Waals surface area contributed by atoms with Crippen LogP contribution in [0.3, 0.4) is 0 Å². The van der Waals surface area contributed by atoms with Gasteiger partial charge >= 0.3 is 0 Å². The summed E-state index contributed by atoms with van der Waals surface area (Å²) in [6.07, 6.45) is 4.99. The summed E-state index contributed by atoms with van der Waals surface area (Å²) in [5.41, 5.74) is 2.35. The van der Waals surface area contributed by atoms with Crippen LogP contribution < -0.4 is 15.5 Å². The minimum Gasteiger partial charge on any atom is -0.364 e. The van der Waals surface area contributed by atoms with Crippen molar-refractivity contribution in [1.29, 1.82) is 0 Å². The highest BCUT2D eigenvalue weighted by Gasteiger charge is 2.28. The topological polar surface area (TPSA) is 73.8 Å². The minimum atomic E-state index is -2.89. The zero-order valence-corrected chi connectivity index (χ0v) is 18.2. The van der Waals surface area contributed by atoms with E-state index in [1.807, 2.05) is 6.92 Å². The first kappa shape index (κ1) is 21.0. The van der Waals surface area contributed by atoms with E-state index in [0.29, 0.717) is 18.9 Å². The molecule has 2 aliphatic heterocycles. The fourth-order valence-electron chi connectivity index (χ4n) is 3.13. The second kappa shape index (κ2) is 9.59. The predicted molar refractivity (Wildman–Crippen MR) is 118 cm³/mol. The summed E-state index contributed by atoms with van der Waals surface area (Å²) in [5, 5.41) is 6.45. The summed E-state index contributed by atoms with van der Waals surface area (Å²) in [5.74, 6) is 1.13. The van der Waals surface area contributed by atoms with Gasteiger partial charge in [0.1, 0.15) is 0 Å².